The summed E-state index contributed by atoms with van der Waals surface area (Å²) >= 11 is 6.11. The van der Waals surface area contributed by atoms with Crippen molar-refractivity contribution in [2.24, 2.45) is 5.92 Å². The van der Waals surface area contributed by atoms with Crippen LogP contribution >= 0.6 is 11.6 Å². The Morgan fingerprint density at radius 1 is 1.07 bits per heavy atom. The molecule has 1 saturated carbocycles. The fraction of sp³-hybridized carbons (Fsp3) is 0.267. The van der Waals surface area contributed by atoms with E-state index in [1.54, 1.807) is 28.8 Å². The number of nitrogens with one attached hydrogen (secondary N) is 1. The van der Waals surface area contributed by atoms with Gasteiger partial charge in [0.25, 0.3) is 0 Å². The Morgan fingerprint density at radius 3 is 2.45 bits per heavy atom. The zero-order valence-electron chi connectivity index (χ0n) is 21.6. The Bertz CT molecular complexity index is 1640. The number of aromatic nitrogens is 2. The number of hydrogen-bond donors (Lipinski definition) is 1. The summed E-state index contributed by atoms with van der Waals surface area (Å²) in [5.74, 6) is -2.91. The van der Waals surface area contributed by atoms with Gasteiger partial charge in [-0.2, -0.15) is 5.26 Å². The van der Waals surface area contributed by atoms with Crippen molar-refractivity contribution >= 4 is 40.2 Å². The minimum Gasteiger partial charge on any atom is -0.465 e. The van der Waals surface area contributed by atoms with Crippen molar-refractivity contribution in [1.29, 1.82) is 5.26 Å². The van der Waals surface area contributed by atoms with Gasteiger partial charge >= 0.3 is 5.97 Å². The number of nitrogens with zero attached hydrogens (tertiary/aromatic N) is 3. The van der Waals surface area contributed by atoms with Gasteiger partial charge in [-0.05, 0) is 61.2 Å². The summed E-state index contributed by atoms with van der Waals surface area (Å²) < 4.78 is 35.2. The third-order valence-electron chi connectivity index (χ3n) is 7.30. The Labute approximate surface area is 234 Å². The number of halogens is 3. The lowest BCUT2D eigenvalue weighted by Gasteiger charge is -2.32. The van der Waals surface area contributed by atoms with Gasteiger partial charge in [-0.25, -0.2) is 18.6 Å². The number of benzene rings is 3. The Kier molecular flexibility index (Phi) is 7.81. The first kappa shape index (κ1) is 27.3. The lowest BCUT2D eigenvalue weighted by Crippen LogP contribution is -2.34. The molecule has 0 bridgehead atoms. The third kappa shape index (κ3) is 5.27. The van der Waals surface area contributed by atoms with Crippen molar-refractivity contribution in [1.82, 2.24) is 9.55 Å². The van der Waals surface area contributed by atoms with E-state index in [1.807, 2.05) is 6.07 Å². The number of rotatable bonds is 6. The molecule has 1 heterocycles. The van der Waals surface area contributed by atoms with Gasteiger partial charge < -0.3 is 14.6 Å². The summed E-state index contributed by atoms with van der Waals surface area (Å²) in [6.07, 6.45) is 4.35. The summed E-state index contributed by atoms with van der Waals surface area (Å²) in [7, 11) is 1.24. The van der Waals surface area contributed by atoms with E-state index in [4.69, 9.17) is 16.3 Å². The van der Waals surface area contributed by atoms with Crippen molar-refractivity contribution in [3.63, 3.8) is 0 Å². The van der Waals surface area contributed by atoms with Crippen molar-refractivity contribution in [2.75, 3.05) is 12.4 Å². The number of fused-ring (bicyclic) bond motifs is 1. The number of anilines is 1. The van der Waals surface area contributed by atoms with Crippen molar-refractivity contribution in [2.45, 2.75) is 38.1 Å². The first-order valence-corrected chi connectivity index (χ1v) is 13.2. The number of nitriles is 1. The zero-order valence-corrected chi connectivity index (χ0v) is 22.3. The lowest BCUT2D eigenvalue weighted by molar-refractivity contribution is -0.121. The van der Waals surface area contributed by atoms with Crippen molar-refractivity contribution < 1.29 is 23.1 Å². The van der Waals surface area contributed by atoms with Crippen LogP contribution in [-0.4, -0.2) is 28.5 Å². The monoisotopic (exact) mass is 562 g/mol. The maximum absolute atomic E-state index is 14.6. The second kappa shape index (κ2) is 11.4. The van der Waals surface area contributed by atoms with Crippen LogP contribution in [0.2, 0.25) is 5.02 Å². The van der Waals surface area contributed by atoms with Crippen LogP contribution in [0, 0.1) is 28.9 Å². The average Bonchev–Trinajstić information content (AvgIpc) is 3.31. The van der Waals surface area contributed by atoms with E-state index in [0.29, 0.717) is 16.4 Å². The molecule has 1 atom stereocenters. The van der Waals surface area contributed by atoms with Crippen LogP contribution in [0.3, 0.4) is 0 Å². The number of amides is 1. The predicted octanol–water partition coefficient (Wildman–Crippen LogP) is 7.05. The standard InChI is InChI=1S/C30H25ClF2N4O3/c1-40-30(39)19-9-12-24(20(13-19)16-34)36-29(38)27(17-5-3-2-4-6-17)37-26-15-23(33)22(32)14-25(26)35-28(37)18-7-10-21(31)11-8-18/h7-15,17,27H,2-6H2,1H3,(H,36,38). The summed E-state index contributed by atoms with van der Waals surface area (Å²) in [5.41, 5.74) is 1.57. The minimum atomic E-state index is -1.05. The number of imidazole rings is 1. The van der Waals surface area contributed by atoms with Crippen LogP contribution in [0.1, 0.15) is 54.1 Å². The number of ether oxygens (including phenoxy) is 1. The van der Waals surface area contributed by atoms with E-state index in [1.165, 1.54) is 25.3 Å². The van der Waals surface area contributed by atoms with Gasteiger partial charge in [0.15, 0.2) is 11.6 Å². The zero-order chi connectivity index (χ0) is 28.4. The topological polar surface area (TPSA) is 97.0 Å². The molecule has 1 aromatic heterocycles. The van der Waals surface area contributed by atoms with Crippen LogP contribution in [0.4, 0.5) is 14.5 Å². The number of hydrogen-bond acceptors (Lipinski definition) is 5. The maximum atomic E-state index is 14.6. The largest absolute Gasteiger partial charge is 0.465 e. The molecule has 1 fully saturated rings. The fourth-order valence-electron chi connectivity index (χ4n) is 5.36. The van der Waals surface area contributed by atoms with E-state index in [-0.39, 0.29) is 33.8 Å². The van der Waals surface area contributed by atoms with Gasteiger partial charge in [-0.3, -0.25) is 4.79 Å². The third-order valence-corrected chi connectivity index (χ3v) is 7.55. The molecule has 40 heavy (non-hydrogen) atoms. The molecule has 1 amide bonds. The molecule has 10 heteroatoms. The number of methoxy groups -OCH3 is 1. The van der Waals surface area contributed by atoms with Gasteiger partial charge in [0.1, 0.15) is 17.9 Å². The summed E-state index contributed by atoms with van der Waals surface area (Å²) in [4.78, 5) is 30.7. The van der Waals surface area contributed by atoms with E-state index in [0.717, 1.165) is 44.2 Å². The van der Waals surface area contributed by atoms with Crippen LogP contribution in [0.25, 0.3) is 22.4 Å². The maximum Gasteiger partial charge on any atom is 0.337 e. The smallest absolute Gasteiger partial charge is 0.337 e. The molecule has 4 aromatic rings. The van der Waals surface area contributed by atoms with Gasteiger partial charge in [0, 0.05) is 22.7 Å². The van der Waals surface area contributed by atoms with Crippen LogP contribution < -0.4 is 5.32 Å². The molecule has 0 radical (unpaired) electrons. The van der Waals surface area contributed by atoms with Crippen LogP contribution in [0.5, 0.6) is 0 Å². The minimum absolute atomic E-state index is 0.0835. The highest BCUT2D eigenvalue weighted by Crippen LogP contribution is 2.39. The summed E-state index contributed by atoms with van der Waals surface area (Å²) in [6.45, 7) is 0. The molecule has 0 spiro atoms. The number of esters is 1. The second-order valence-corrected chi connectivity index (χ2v) is 10.2. The molecule has 5 rings (SSSR count). The highest BCUT2D eigenvalue weighted by molar-refractivity contribution is 6.30. The second-order valence-electron chi connectivity index (χ2n) is 9.76. The molecule has 204 valence electrons. The SMILES string of the molecule is COC(=O)c1ccc(NC(=O)C(C2CCCCC2)n2c(-c3ccc(Cl)cc3)nc3cc(F)c(F)cc32)c(C#N)c1. The van der Waals surface area contributed by atoms with E-state index in [2.05, 4.69) is 10.3 Å². The average molecular weight is 563 g/mol. The van der Waals surface area contributed by atoms with Gasteiger partial charge in [-0.1, -0.05) is 30.9 Å². The Morgan fingerprint density at radius 2 is 1.77 bits per heavy atom. The Balaban J connectivity index is 1.66. The Hall–Kier alpha value is -4.29. The molecule has 0 aliphatic heterocycles. The highest BCUT2D eigenvalue weighted by atomic mass is 35.5. The first-order valence-electron chi connectivity index (χ1n) is 12.9. The van der Waals surface area contributed by atoms with Gasteiger partial charge in [0.2, 0.25) is 5.91 Å². The molecule has 1 N–H and O–H groups in total. The molecular weight excluding hydrogens is 538 g/mol. The molecule has 0 saturated heterocycles. The molecular formula is C30H25ClF2N4O3. The van der Waals surface area contributed by atoms with Crippen molar-refractivity contribution in [3.05, 3.63) is 82.4 Å². The van der Waals surface area contributed by atoms with Crippen LogP contribution in [-0.2, 0) is 9.53 Å². The van der Waals surface area contributed by atoms with E-state index >= 15 is 0 Å². The molecule has 3 aromatic carbocycles. The normalized spacial score (nSPS) is 14.5. The van der Waals surface area contributed by atoms with Crippen molar-refractivity contribution in [3.8, 4) is 17.5 Å². The molecule has 1 aliphatic carbocycles. The molecule has 1 unspecified atom stereocenters. The van der Waals surface area contributed by atoms with Crippen LogP contribution in [0.15, 0.2) is 54.6 Å². The molecule has 7 nitrogen and oxygen atoms in total. The van der Waals surface area contributed by atoms with Gasteiger partial charge in [-0.15, -0.1) is 0 Å². The van der Waals surface area contributed by atoms with E-state index in [9.17, 15) is 23.6 Å². The highest BCUT2D eigenvalue weighted by Gasteiger charge is 2.35. The van der Waals surface area contributed by atoms with Gasteiger partial charge in [0.05, 0.1) is 35.0 Å². The molecule has 1 aliphatic rings. The fourth-order valence-corrected chi connectivity index (χ4v) is 5.49. The van der Waals surface area contributed by atoms with E-state index < -0.39 is 29.6 Å². The summed E-state index contributed by atoms with van der Waals surface area (Å²) in [5, 5.41) is 13.1. The lowest BCUT2D eigenvalue weighted by atomic mass is 9.83. The quantitative estimate of drug-likeness (QED) is 0.254. The predicted molar refractivity (Wildman–Crippen MR) is 147 cm³/mol. The summed E-state index contributed by atoms with van der Waals surface area (Å²) in [6, 6.07) is 14.4. The first-order chi connectivity index (χ1) is 19.3. The number of carbonyl (C=O) groups is 2. The number of carbonyl (C=O) groups excluding carboxylic acids is 2.